The lowest BCUT2D eigenvalue weighted by molar-refractivity contribution is 0.345. The van der Waals surface area contributed by atoms with Gasteiger partial charge in [0.1, 0.15) is 5.76 Å². The minimum atomic E-state index is -0.139. The molecule has 0 saturated heterocycles. The van der Waals surface area contributed by atoms with Crippen LogP contribution in [0.15, 0.2) is 28.4 Å². The van der Waals surface area contributed by atoms with E-state index in [1.165, 1.54) is 18.4 Å². The fraction of sp³-hybridized carbons (Fsp3) is 0.538. The maximum Gasteiger partial charge on any atom is 0.126 e. The highest BCUT2D eigenvalue weighted by Crippen LogP contribution is 2.58. The second-order valence-electron chi connectivity index (χ2n) is 5.15. The van der Waals surface area contributed by atoms with Gasteiger partial charge in [-0.2, -0.15) is 0 Å². The molecule has 0 atom stereocenters. The van der Waals surface area contributed by atoms with E-state index in [9.17, 15) is 0 Å². The van der Waals surface area contributed by atoms with Crippen molar-refractivity contribution in [3.63, 3.8) is 0 Å². The molecule has 2 heteroatoms. The second kappa shape index (κ2) is 3.24. The number of hydrogen-bond acceptors (Lipinski definition) is 2. The molecule has 0 amide bonds. The van der Waals surface area contributed by atoms with Crippen LogP contribution < -0.4 is 5.73 Å². The smallest absolute Gasteiger partial charge is 0.126 e. The summed E-state index contributed by atoms with van der Waals surface area (Å²) in [6.07, 6.45) is 6.20. The van der Waals surface area contributed by atoms with Crippen molar-refractivity contribution < 1.29 is 4.42 Å². The van der Waals surface area contributed by atoms with E-state index in [2.05, 4.69) is 26.8 Å². The molecule has 0 bridgehead atoms. The zero-order chi connectivity index (χ0) is 11.1. The Labute approximate surface area is 91.2 Å². The van der Waals surface area contributed by atoms with Gasteiger partial charge >= 0.3 is 0 Å². The van der Waals surface area contributed by atoms with Crippen LogP contribution >= 0.6 is 0 Å². The quantitative estimate of drug-likeness (QED) is 0.823. The van der Waals surface area contributed by atoms with E-state index in [-0.39, 0.29) is 11.0 Å². The Hall–Kier alpha value is -1.02. The highest BCUT2D eigenvalue weighted by Gasteiger charge is 2.53. The maximum atomic E-state index is 6.23. The van der Waals surface area contributed by atoms with E-state index < -0.39 is 0 Å². The fourth-order valence-electron chi connectivity index (χ4n) is 2.40. The molecule has 0 aliphatic heterocycles. The average molecular weight is 205 g/mol. The summed E-state index contributed by atoms with van der Waals surface area (Å²) >= 11 is 0. The van der Waals surface area contributed by atoms with Gasteiger partial charge in [0.05, 0.1) is 6.26 Å². The first-order chi connectivity index (χ1) is 6.96. The lowest BCUT2D eigenvalue weighted by Gasteiger charge is -2.31. The van der Waals surface area contributed by atoms with Crippen molar-refractivity contribution in [1.29, 1.82) is 0 Å². The van der Waals surface area contributed by atoms with Gasteiger partial charge in [0.2, 0.25) is 0 Å². The minimum Gasteiger partial charge on any atom is -0.465 e. The van der Waals surface area contributed by atoms with Gasteiger partial charge in [0.15, 0.2) is 0 Å². The van der Waals surface area contributed by atoms with Gasteiger partial charge < -0.3 is 10.2 Å². The minimum absolute atomic E-state index is 0.139. The Bertz CT molecular complexity index is 364. The normalized spacial score (nSPS) is 20.4. The molecule has 0 spiro atoms. The molecule has 2 N–H and O–H groups in total. The molecular formula is C13H19NO. The molecule has 0 aromatic carbocycles. The van der Waals surface area contributed by atoms with Crippen LogP contribution in [0.2, 0.25) is 0 Å². The van der Waals surface area contributed by atoms with Crippen LogP contribution in [-0.2, 0) is 0 Å². The summed E-state index contributed by atoms with van der Waals surface area (Å²) in [6.45, 7) is 6.38. The van der Waals surface area contributed by atoms with Crippen LogP contribution in [-0.4, -0.2) is 5.54 Å². The van der Waals surface area contributed by atoms with Crippen LogP contribution in [0.5, 0.6) is 0 Å². The van der Waals surface area contributed by atoms with Gasteiger partial charge in [-0.25, -0.2) is 0 Å². The second-order valence-corrected chi connectivity index (χ2v) is 5.15. The Morgan fingerprint density at radius 3 is 2.60 bits per heavy atom. The van der Waals surface area contributed by atoms with E-state index in [0.29, 0.717) is 0 Å². The summed E-state index contributed by atoms with van der Waals surface area (Å²) in [5.41, 5.74) is 7.63. The molecule has 1 aromatic rings. The van der Waals surface area contributed by atoms with Gasteiger partial charge in [-0.1, -0.05) is 5.57 Å². The molecule has 1 saturated carbocycles. The molecule has 1 aliphatic rings. The molecule has 15 heavy (non-hydrogen) atoms. The first-order valence-electron chi connectivity index (χ1n) is 5.47. The SMILES string of the molecule is C/C(=C/c1ccco1)C1(C(C)(C)N)CC1. The molecule has 2 nitrogen and oxygen atoms in total. The topological polar surface area (TPSA) is 39.2 Å². The number of hydrogen-bond donors (Lipinski definition) is 1. The monoisotopic (exact) mass is 205 g/mol. The van der Waals surface area contributed by atoms with Gasteiger partial charge in [0, 0.05) is 11.0 Å². The molecule has 1 aromatic heterocycles. The molecule has 0 radical (unpaired) electrons. The third-order valence-electron chi connectivity index (χ3n) is 3.64. The van der Waals surface area contributed by atoms with Crippen molar-refractivity contribution in [2.75, 3.05) is 0 Å². The maximum absolute atomic E-state index is 6.23. The fourth-order valence-corrected chi connectivity index (χ4v) is 2.40. The zero-order valence-electron chi connectivity index (χ0n) is 9.71. The summed E-state index contributed by atoms with van der Waals surface area (Å²) in [5, 5.41) is 0. The van der Waals surface area contributed by atoms with Gasteiger partial charge in [-0.05, 0) is 51.8 Å². The Morgan fingerprint density at radius 1 is 1.53 bits per heavy atom. The molecule has 0 unspecified atom stereocenters. The largest absolute Gasteiger partial charge is 0.465 e. The summed E-state index contributed by atoms with van der Waals surface area (Å²) < 4.78 is 5.32. The lowest BCUT2D eigenvalue weighted by atomic mass is 9.79. The first kappa shape index (κ1) is 10.5. The zero-order valence-corrected chi connectivity index (χ0v) is 9.71. The van der Waals surface area contributed by atoms with Gasteiger partial charge in [-0.3, -0.25) is 0 Å². The predicted molar refractivity (Wildman–Crippen MR) is 62.3 cm³/mol. The van der Waals surface area contributed by atoms with E-state index in [1.807, 2.05) is 12.1 Å². The highest BCUT2D eigenvalue weighted by atomic mass is 16.3. The molecule has 1 heterocycles. The van der Waals surface area contributed by atoms with Crippen molar-refractivity contribution in [2.24, 2.45) is 11.1 Å². The van der Waals surface area contributed by atoms with E-state index >= 15 is 0 Å². The number of rotatable bonds is 3. The summed E-state index contributed by atoms with van der Waals surface area (Å²) in [5.74, 6) is 0.919. The third kappa shape index (κ3) is 1.74. The van der Waals surface area contributed by atoms with E-state index in [0.717, 1.165) is 5.76 Å². The number of nitrogens with two attached hydrogens (primary N) is 1. The van der Waals surface area contributed by atoms with E-state index in [1.54, 1.807) is 6.26 Å². The van der Waals surface area contributed by atoms with Crippen LogP contribution in [0.4, 0.5) is 0 Å². The first-order valence-corrected chi connectivity index (χ1v) is 5.47. The van der Waals surface area contributed by atoms with Gasteiger partial charge in [-0.15, -0.1) is 0 Å². The molecule has 1 aliphatic carbocycles. The Balaban J connectivity index is 2.25. The van der Waals surface area contributed by atoms with Crippen molar-refractivity contribution in [3.8, 4) is 0 Å². The van der Waals surface area contributed by atoms with E-state index in [4.69, 9.17) is 10.2 Å². The summed E-state index contributed by atoms with van der Waals surface area (Å²) in [4.78, 5) is 0. The molecule has 82 valence electrons. The molecule has 2 rings (SSSR count). The lowest BCUT2D eigenvalue weighted by Crippen LogP contribution is -2.43. The average Bonchev–Trinajstić information content (AvgIpc) is 2.81. The van der Waals surface area contributed by atoms with Crippen LogP contribution in [0.3, 0.4) is 0 Å². The number of furan rings is 1. The Kier molecular flexibility index (Phi) is 2.27. The summed E-state index contributed by atoms with van der Waals surface area (Å²) in [7, 11) is 0. The Morgan fingerprint density at radius 2 is 2.20 bits per heavy atom. The van der Waals surface area contributed by atoms with Crippen LogP contribution in [0, 0.1) is 5.41 Å². The van der Waals surface area contributed by atoms with Crippen molar-refractivity contribution >= 4 is 6.08 Å². The third-order valence-corrected chi connectivity index (χ3v) is 3.64. The van der Waals surface area contributed by atoms with Gasteiger partial charge in [0.25, 0.3) is 0 Å². The van der Waals surface area contributed by atoms with Crippen LogP contribution in [0.25, 0.3) is 6.08 Å². The van der Waals surface area contributed by atoms with Crippen molar-refractivity contribution in [2.45, 2.75) is 39.2 Å². The predicted octanol–water partition coefficient (Wildman–Crippen LogP) is 3.20. The van der Waals surface area contributed by atoms with Crippen molar-refractivity contribution in [1.82, 2.24) is 0 Å². The molecular weight excluding hydrogens is 186 g/mol. The summed E-state index contributed by atoms with van der Waals surface area (Å²) in [6, 6.07) is 3.88. The van der Waals surface area contributed by atoms with Crippen molar-refractivity contribution in [3.05, 3.63) is 29.7 Å². The highest BCUT2D eigenvalue weighted by molar-refractivity contribution is 5.51. The standard InChI is InChI=1S/C13H19NO/c1-10(9-11-5-4-8-15-11)13(6-7-13)12(2,3)14/h4-5,8-9H,6-7,14H2,1-3H3/b10-9-. The van der Waals surface area contributed by atoms with Crippen LogP contribution in [0.1, 0.15) is 39.4 Å². The molecule has 1 fully saturated rings.